The molecule has 8 heteroatoms. The molecule has 1 amide bonds. The van der Waals surface area contributed by atoms with Crippen molar-refractivity contribution in [3.05, 3.63) is 82.1 Å². The first-order chi connectivity index (χ1) is 13.6. The van der Waals surface area contributed by atoms with Gasteiger partial charge >= 0.3 is 6.18 Å². The number of aryl methyl sites for hydroxylation is 1. The number of benzene rings is 2. The van der Waals surface area contributed by atoms with Gasteiger partial charge in [-0.2, -0.15) is 18.3 Å². The summed E-state index contributed by atoms with van der Waals surface area (Å²) in [6.45, 7) is 3.40. The van der Waals surface area contributed by atoms with Crippen LogP contribution in [0.25, 0.3) is 11.3 Å². The van der Waals surface area contributed by atoms with Gasteiger partial charge in [0.05, 0.1) is 11.3 Å². The van der Waals surface area contributed by atoms with Crippen molar-refractivity contribution in [2.24, 2.45) is 0 Å². The number of hydrogen-bond acceptors (Lipinski definition) is 3. The molecular weight excluding hydrogens is 383 g/mol. The molecule has 5 nitrogen and oxygen atoms in total. The molecule has 0 saturated heterocycles. The molecule has 0 fully saturated rings. The lowest BCUT2D eigenvalue weighted by atomic mass is 10.1. The lowest BCUT2D eigenvalue weighted by Crippen LogP contribution is -2.33. The van der Waals surface area contributed by atoms with E-state index in [1.54, 1.807) is 6.07 Å². The van der Waals surface area contributed by atoms with Gasteiger partial charge in [0.2, 0.25) is 5.91 Å². The summed E-state index contributed by atoms with van der Waals surface area (Å²) in [7, 11) is 0. The predicted octanol–water partition coefficient (Wildman–Crippen LogP) is 4.44. The van der Waals surface area contributed by atoms with Gasteiger partial charge in [-0.05, 0) is 38.1 Å². The van der Waals surface area contributed by atoms with E-state index < -0.39 is 29.2 Å². The highest BCUT2D eigenvalue weighted by Gasteiger charge is 2.30. The van der Waals surface area contributed by atoms with Crippen LogP contribution in [0.1, 0.15) is 24.1 Å². The molecule has 1 atom stereocenters. The molecular formula is C21H18F3N3O2. The van der Waals surface area contributed by atoms with Gasteiger partial charge in [-0.25, -0.2) is 4.68 Å². The Morgan fingerprint density at radius 3 is 2.41 bits per heavy atom. The molecule has 1 unspecified atom stereocenters. The predicted molar refractivity (Wildman–Crippen MR) is 103 cm³/mol. The topological polar surface area (TPSA) is 64.0 Å². The van der Waals surface area contributed by atoms with Crippen molar-refractivity contribution < 1.29 is 18.0 Å². The van der Waals surface area contributed by atoms with Crippen molar-refractivity contribution in [1.29, 1.82) is 0 Å². The fraction of sp³-hybridized carbons (Fsp3) is 0.190. The van der Waals surface area contributed by atoms with Crippen LogP contribution in [-0.2, 0) is 11.0 Å². The number of nitrogens with zero attached hydrogens (tertiary/aromatic N) is 2. The molecule has 0 spiro atoms. The molecule has 0 aliphatic heterocycles. The number of hydrogen-bond donors (Lipinski definition) is 1. The van der Waals surface area contributed by atoms with Crippen LogP contribution in [0.2, 0.25) is 0 Å². The third-order valence-electron chi connectivity index (χ3n) is 4.38. The maximum atomic E-state index is 12.8. The van der Waals surface area contributed by atoms with E-state index in [4.69, 9.17) is 0 Å². The normalized spacial score (nSPS) is 12.4. The molecule has 29 heavy (non-hydrogen) atoms. The van der Waals surface area contributed by atoms with E-state index in [0.717, 1.165) is 27.9 Å². The van der Waals surface area contributed by atoms with Crippen LogP contribution in [0, 0.1) is 6.92 Å². The molecule has 2 aromatic carbocycles. The third-order valence-corrected chi connectivity index (χ3v) is 4.38. The fourth-order valence-corrected chi connectivity index (χ4v) is 2.71. The third kappa shape index (κ3) is 4.71. The number of halogens is 3. The van der Waals surface area contributed by atoms with E-state index in [9.17, 15) is 22.8 Å². The smallest absolute Gasteiger partial charge is 0.324 e. The van der Waals surface area contributed by atoms with Crippen LogP contribution >= 0.6 is 0 Å². The molecule has 3 aromatic rings. The summed E-state index contributed by atoms with van der Waals surface area (Å²) < 4.78 is 39.5. The number of nitrogens with one attached hydrogen (secondary N) is 1. The second kappa shape index (κ2) is 7.90. The van der Waals surface area contributed by atoms with Gasteiger partial charge < -0.3 is 5.32 Å². The van der Waals surface area contributed by atoms with Crippen LogP contribution in [0.4, 0.5) is 18.9 Å². The number of amides is 1. The number of carbonyl (C=O) groups is 1. The Hall–Kier alpha value is -3.42. The molecule has 150 valence electrons. The van der Waals surface area contributed by atoms with Crippen molar-refractivity contribution in [2.45, 2.75) is 26.1 Å². The zero-order valence-corrected chi connectivity index (χ0v) is 15.7. The van der Waals surface area contributed by atoms with Gasteiger partial charge in [0.1, 0.15) is 6.04 Å². The quantitative estimate of drug-likeness (QED) is 0.703. The van der Waals surface area contributed by atoms with Gasteiger partial charge in [-0.1, -0.05) is 35.9 Å². The van der Waals surface area contributed by atoms with Crippen molar-refractivity contribution in [2.75, 3.05) is 5.32 Å². The van der Waals surface area contributed by atoms with Crippen molar-refractivity contribution in [1.82, 2.24) is 9.78 Å². The van der Waals surface area contributed by atoms with Gasteiger partial charge in [0, 0.05) is 17.3 Å². The highest BCUT2D eigenvalue weighted by molar-refractivity contribution is 5.93. The summed E-state index contributed by atoms with van der Waals surface area (Å²) in [5.41, 5.74) is 0.959. The highest BCUT2D eigenvalue weighted by atomic mass is 19.4. The molecule has 1 N–H and O–H groups in total. The second-order valence-electron chi connectivity index (χ2n) is 6.61. The summed E-state index contributed by atoms with van der Waals surface area (Å²) >= 11 is 0. The van der Waals surface area contributed by atoms with Crippen molar-refractivity contribution in [3.8, 4) is 11.3 Å². The SMILES string of the molecule is Cc1ccc(-c2ccc(=O)n(C(C)C(=O)Nc3cccc(C(F)(F)F)c3)n2)cc1. The van der Waals surface area contributed by atoms with Crippen LogP contribution < -0.4 is 10.9 Å². The van der Waals surface area contributed by atoms with E-state index in [-0.39, 0.29) is 5.69 Å². The van der Waals surface area contributed by atoms with Crippen LogP contribution in [0.3, 0.4) is 0 Å². The Kier molecular flexibility index (Phi) is 5.54. The fourth-order valence-electron chi connectivity index (χ4n) is 2.71. The number of aromatic nitrogens is 2. The van der Waals surface area contributed by atoms with Gasteiger partial charge in [0.15, 0.2) is 0 Å². The highest BCUT2D eigenvalue weighted by Crippen LogP contribution is 2.30. The largest absolute Gasteiger partial charge is 0.416 e. The number of alkyl halides is 3. The minimum Gasteiger partial charge on any atom is -0.324 e. The molecule has 0 bridgehead atoms. The summed E-state index contributed by atoms with van der Waals surface area (Å²) in [6.07, 6.45) is -4.52. The first kappa shape index (κ1) is 20.3. The Balaban J connectivity index is 1.85. The summed E-state index contributed by atoms with van der Waals surface area (Å²) in [5.74, 6) is -0.653. The van der Waals surface area contributed by atoms with Crippen LogP contribution in [0.15, 0.2) is 65.5 Å². The van der Waals surface area contributed by atoms with Gasteiger partial charge in [-0.3, -0.25) is 9.59 Å². The average Bonchev–Trinajstić information content (AvgIpc) is 2.68. The van der Waals surface area contributed by atoms with Crippen molar-refractivity contribution >= 4 is 11.6 Å². The number of carbonyl (C=O) groups excluding carboxylic acids is 1. The van der Waals surface area contributed by atoms with Gasteiger partial charge in [0.25, 0.3) is 5.56 Å². The van der Waals surface area contributed by atoms with Crippen molar-refractivity contribution in [3.63, 3.8) is 0 Å². The number of anilines is 1. The Morgan fingerprint density at radius 1 is 1.07 bits per heavy atom. The molecule has 0 aliphatic carbocycles. The van der Waals surface area contributed by atoms with Crippen LogP contribution in [-0.4, -0.2) is 15.7 Å². The minimum absolute atomic E-state index is 0.0144. The first-order valence-electron chi connectivity index (χ1n) is 8.80. The zero-order chi connectivity index (χ0) is 21.2. The van der Waals surface area contributed by atoms with E-state index >= 15 is 0 Å². The summed E-state index contributed by atoms with van der Waals surface area (Å²) in [6, 6.07) is 13.6. The van der Waals surface area contributed by atoms with E-state index in [0.29, 0.717) is 5.69 Å². The molecule has 0 radical (unpaired) electrons. The summed E-state index contributed by atoms with van der Waals surface area (Å²) in [4.78, 5) is 24.7. The first-order valence-corrected chi connectivity index (χ1v) is 8.80. The van der Waals surface area contributed by atoms with E-state index in [1.165, 1.54) is 25.1 Å². The lowest BCUT2D eigenvalue weighted by molar-refractivity contribution is -0.137. The summed E-state index contributed by atoms with van der Waals surface area (Å²) in [5, 5.41) is 6.66. The Morgan fingerprint density at radius 2 is 1.76 bits per heavy atom. The Bertz CT molecular complexity index is 1090. The number of rotatable bonds is 4. The Labute approximate surface area is 164 Å². The maximum Gasteiger partial charge on any atom is 0.416 e. The second-order valence-corrected chi connectivity index (χ2v) is 6.61. The maximum absolute atomic E-state index is 12.8. The van der Waals surface area contributed by atoms with E-state index in [1.807, 2.05) is 31.2 Å². The molecule has 1 heterocycles. The van der Waals surface area contributed by atoms with E-state index in [2.05, 4.69) is 10.4 Å². The van der Waals surface area contributed by atoms with Crippen LogP contribution in [0.5, 0.6) is 0 Å². The molecule has 3 rings (SSSR count). The average molecular weight is 401 g/mol. The van der Waals surface area contributed by atoms with Gasteiger partial charge in [-0.15, -0.1) is 0 Å². The zero-order valence-electron chi connectivity index (χ0n) is 15.7. The minimum atomic E-state index is -4.52. The standard InChI is InChI=1S/C21H18F3N3O2/c1-13-6-8-15(9-7-13)18-10-11-19(28)27(26-18)14(2)20(29)25-17-5-3-4-16(12-17)21(22,23)24/h3-12,14H,1-2H3,(H,25,29). The monoisotopic (exact) mass is 401 g/mol. The molecule has 1 aromatic heterocycles. The lowest BCUT2D eigenvalue weighted by Gasteiger charge is -2.16. The molecule has 0 saturated carbocycles. The molecule has 0 aliphatic rings.